The van der Waals surface area contributed by atoms with Crippen molar-refractivity contribution in [2.75, 3.05) is 52.5 Å². The summed E-state index contributed by atoms with van der Waals surface area (Å²) >= 11 is 0. The number of ether oxygens (including phenoxy) is 2. The molecule has 4 saturated heterocycles. The molecule has 0 aromatic heterocycles. The van der Waals surface area contributed by atoms with Crippen LogP contribution in [0.25, 0.3) is 0 Å². The standard InChI is InChI=1S/C17H31N3O2/c1-2-8-19(9-3-1)20-10-5-7-17(20,16-6-4-13-22-16)18-11-14-21-15-12-18/h16H,1-15H2. The molecular formula is C17H31N3O2. The lowest BCUT2D eigenvalue weighted by molar-refractivity contribution is -0.217. The average Bonchev–Trinajstić information content (AvgIpc) is 3.26. The van der Waals surface area contributed by atoms with Gasteiger partial charge < -0.3 is 9.47 Å². The summed E-state index contributed by atoms with van der Waals surface area (Å²) in [6.45, 7) is 8.50. The molecule has 0 amide bonds. The Balaban J connectivity index is 1.62. The zero-order valence-corrected chi connectivity index (χ0v) is 13.8. The van der Waals surface area contributed by atoms with Crippen molar-refractivity contribution in [3.63, 3.8) is 0 Å². The van der Waals surface area contributed by atoms with Crippen LogP contribution in [-0.2, 0) is 9.47 Å². The first-order valence-electron chi connectivity index (χ1n) is 9.38. The molecule has 0 aromatic rings. The summed E-state index contributed by atoms with van der Waals surface area (Å²) in [5.41, 5.74) is 0.109. The van der Waals surface area contributed by atoms with Gasteiger partial charge in [0.05, 0.1) is 19.3 Å². The van der Waals surface area contributed by atoms with E-state index in [4.69, 9.17) is 9.47 Å². The fourth-order valence-electron chi connectivity index (χ4n) is 5.06. The molecule has 0 spiro atoms. The van der Waals surface area contributed by atoms with Crippen molar-refractivity contribution in [3.8, 4) is 0 Å². The van der Waals surface area contributed by atoms with Crippen molar-refractivity contribution in [3.05, 3.63) is 0 Å². The van der Waals surface area contributed by atoms with Crippen LogP contribution in [-0.4, -0.2) is 79.2 Å². The third kappa shape index (κ3) is 2.61. The minimum absolute atomic E-state index is 0.109. The zero-order valence-electron chi connectivity index (χ0n) is 13.8. The van der Waals surface area contributed by atoms with Crippen LogP contribution in [0.2, 0.25) is 0 Å². The molecular weight excluding hydrogens is 278 g/mol. The molecule has 0 N–H and O–H groups in total. The van der Waals surface area contributed by atoms with Crippen LogP contribution in [0.3, 0.4) is 0 Å². The summed E-state index contributed by atoms with van der Waals surface area (Å²) < 4.78 is 11.9. The van der Waals surface area contributed by atoms with Crippen LogP contribution in [0.5, 0.6) is 0 Å². The molecule has 0 aromatic carbocycles. The van der Waals surface area contributed by atoms with Crippen LogP contribution in [0.4, 0.5) is 0 Å². The molecule has 5 heteroatoms. The van der Waals surface area contributed by atoms with E-state index in [1.165, 1.54) is 64.6 Å². The number of hydrazine groups is 1. The van der Waals surface area contributed by atoms with E-state index in [0.717, 1.165) is 32.9 Å². The Morgan fingerprint density at radius 3 is 2.32 bits per heavy atom. The van der Waals surface area contributed by atoms with Gasteiger partial charge >= 0.3 is 0 Å². The van der Waals surface area contributed by atoms with Gasteiger partial charge in [0, 0.05) is 39.3 Å². The maximum atomic E-state index is 6.26. The molecule has 22 heavy (non-hydrogen) atoms. The maximum Gasteiger partial charge on any atom is 0.114 e. The van der Waals surface area contributed by atoms with Gasteiger partial charge in [0.25, 0.3) is 0 Å². The second-order valence-corrected chi connectivity index (χ2v) is 7.22. The molecule has 126 valence electrons. The molecule has 4 heterocycles. The lowest BCUT2D eigenvalue weighted by Crippen LogP contribution is -2.70. The quantitative estimate of drug-likeness (QED) is 0.791. The highest BCUT2D eigenvalue weighted by molar-refractivity contribution is 5.02. The van der Waals surface area contributed by atoms with Crippen molar-refractivity contribution >= 4 is 0 Å². The molecule has 2 atom stereocenters. The van der Waals surface area contributed by atoms with Gasteiger partial charge in [-0.3, -0.25) is 4.90 Å². The molecule has 4 aliphatic heterocycles. The summed E-state index contributed by atoms with van der Waals surface area (Å²) in [5.74, 6) is 0. The Morgan fingerprint density at radius 1 is 0.773 bits per heavy atom. The number of nitrogens with zero attached hydrogens (tertiary/aromatic N) is 3. The number of rotatable bonds is 3. The largest absolute Gasteiger partial charge is 0.379 e. The van der Waals surface area contributed by atoms with E-state index in [1.807, 2.05) is 0 Å². The highest BCUT2D eigenvalue weighted by atomic mass is 16.5. The number of piperidine rings is 1. The predicted molar refractivity (Wildman–Crippen MR) is 85.5 cm³/mol. The van der Waals surface area contributed by atoms with Crippen molar-refractivity contribution in [1.82, 2.24) is 14.9 Å². The molecule has 0 radical (unpaired) electrons. The fraction of sp³-hybridized carbons (Fsp3) is 1.00. The van der Waals surface area contributed by atoms with Crippen LogP contribution >= 0.6 is 0 Å². The van der Waals surface area contributed by atoms with E-state index < -0.39 is 0 Å². The summed E-state index contributed by atoms with van der Waals surface area (Å²) in [5, 5.41) is 5.39. The minimum atomic E-state index is 0.109. The molecule has 4 rings (SSSR count). The zero-order chi connectivity index (χ0) is 14.8. The van der Waals surface area contributed by atoms with E-state index >= 15 is 0 Å². The van der Waals surface area contributed by atoms with Crippen molar-refractivity contribution in [1.29, 1.82) is 0 Å². The van der Waals surface area contributed by atoms with Crippen molar-refractivity contribution in [2.45, 2.75) is 56.7 Å². The Hall–Kier alpha value is -0.200. The van der Waals surface area contributed by atoms with E-state index in [9.17, 15) is 0 Å². The predicted octanol–water partition coefficient (Wildman–Crippen LogP) is 1.69. The number of morpholine rings is 1. The van der Waals surface area contributed by atoms with Crippen LogP contribution in [0, 0.1) is 0 Å². The van der Waals surface area contributed by atoms with Crippen molar-refractivity contribution < 1.29 is 9.47 Å². The SMILES string of the molecule is C1CCN(N2CCCC2(C2CCCO2)N2CCOCC2)CC1. The molecule has 4 aliphatic rings. The Labute approximate surface area is 134 Å². The molecule has 5 nitrogen and oxygen atoms in total. The second kappa shape index (κ2) is 6.73. The molecule has 2 unspecified atom stereocenters. The van der Waals surface area contributed by atoms with Gasteiger partial charge in [-0.15, -0.1) is 0 Å². The Kier molecular flexibility index (Phi) is 4.69. The summed E-state index contributed by atoms with van der Waals surface area (Å²) in [7, 11) is 0. The summed E-state index contributed by atoms with van der Waals surface area (Å²) in [6.07, 6.45) is 9.49. The van der Waals surface area contributed by atoms with E-state index in [2.05, 4.69) is 14.9 Å². The van der Waals surface area contributed by atoms with E-state index in [-0.39, 0.29) is 5.66 Å². The highest BCUT2D eigenvalue weighted by Gasteiger charge is 2.54. The first-order valence-corrected chi connectivity index (χ1v) is 9.38. The van der Waals surface area contributed by atoms with Gasteiger partial charge in [-0.2, -0.15) is 0 Å². The summed E-state index contributed by atoms with van der Waals surface area (Å²) in [6, 6.07) is 0. The van der Waals surface area contributed by atoms with E-state index in [1.54, 1.807) is 0 Å². The average molecular weight is 309 g/mol. The fourth-order valence-corrected chi connectivity index (χ4v) is 5.06. The second-order valence-electron chi connectivity index (χ2n) is 7.22. The Morgan fingerprint density at radius 2 is 1.59 bits per heavy atom. The highest BCUT2D eigenvalue weighted by Crippen LogP contribution is 2.42. The lowest BCUT2D eigenvalue weighted by Gasteiger charge is -2.54. The first-order chi connectivity index (χ1) is 10.9. The van der Waals surface area contributed by atoms with Gasteiger partial charge in [0.1, 0.15) is 5.66 Å². The van der Waals surface area contributed by atoms with Gasteiger partial charge in [-0.05, 0) is 38.5 Å². The Bertz CT molecular complexity index is 363. The van der Waals surface area contributed by atoms with Gasteiger partial charge in [0.2, 0.25) is 0 Å². The third-order valence-electron chi connectivity index (χ3n) is 6.04. The first kappa shape index (κ1) is 15.3. The van der Waals surface area contributed by atoms with Gasteiger partial charge in [-0.25, -0.2) is 10.0 Å². The van der Waals surface area contributed by atoms with Crippen LogP contribution < -0.4 is 0 Å². The molecule has 0 saturated carbocycles. The van der Waals surface area contributed by atoms with Crippen LogP contribution in [0.1, 0.15) is 44.9 Å². The normalized spacial score (nSPS) is 39.5. The lowest BCUT2D eigenvalue weighted by atomic mass is 9.94. The third-order valence-corrected chi connectivity index (χ3v) is 6.04. The van der Waals surface area contributed by atoms with E-state index in [0.29, 0.717) is 6.10 Å². The monoisotopic (exact) mass is 309 g/mol. The summed E-state index contributed by atoms with van der Waals surface area (Å²) in [4.78, 5) is 2.70. The van der Waals surface area contributed by atoms with Crippen LogP contribution in [0.15, 0.2) is 0 Å². The van der Waals surface area contributed by atoms with Gasteiger partial charge in [-0.1, -0.05) is 6.42 Å². The molecule has 0 bridgehead atoms. The van der Waals surface area contributed by atoms with Crippen molar-refractivity contribution in [2.24, 2.45) is 0 Å². The smallest absolute Gasteiger partial charge is 0.114 e. The van der Waals surface area contributed by atoms with Gasteiger partial charge in [0.15, 0.2) is 0 Å². The number of hydrogen-bond donors (Lipinski definition) is 0. The molecule has 0 aliphatic carbocycles. The minimum Gasteiger partial charge on any atom is -0.379 e. The topological polar surface area (TPSA) is 28.2 Å². The molecule has 4 fully saturated rings. The number of hydrogen-bond acceptors (Lipinski definition) is 5. The maximum absolute atomic E-state index is 6.26.